The molecule has 2 rings (SSSR count). The second-order valence-electron chi connectivity index (χ2n) is 4.90. The van der Waals surface area contributed by atoms with Crippen molar-refractivity contribution in [3.8, 4) is 0 Å². The Labute approximate surface area is 109 Å². The molecule has 3 heteroatoms. The van der Waals surface area contributed by atoms with Crippen molar-refractivity contribution >= 4 is 6.09 Å². The molecule has 1 aliphatic heterocycles. The van der Waals surface area contributed by atoms with Gasteiger partial charge in [-0.15, -0.1) is 0 Å². The van der Waals surface area contributed by atoms with E-state index in [1.54, 1.807) is 0 Å². The van der Waals surface area contributed by atoms with Crippen LogP contribution in [0.3, 0.4) is 0 Å². The first-order valence-electron chi connectivity index (χ1n) is 6.75. The maximum atomic E-state index is 11.9. The van der Waals surface area contributed by atoms with Crippen molar-refractivity contribution in [3.05, 3.63) is 35.9 Å². The van der Waals surface area contributed by atoms with Gasteiger partial charge in [0.05, 0.1) is 0 Å². The molecule has 98 valence electrons. The van der Waals surface area contributed by atoms with E-state index in [2.05, 4.69) is 6.92 Å². The number of likely N-dealkylation sites (tertiary alicyclic amines) is 1. The van der Waals surface area contributed by atoms with Crippen LogP contribution in [0.1, 0.15) is 31.7 Å². The minimum atomic E-state index is -0.169. The first-order chi connectivity index (χ1) is 8.79. The molecule has 3 nitrogen and oxygen atoms in total. The predicted octanol–water partition coefficient (Wildman–Crippen LogP) is 3.45. The van der Waals surface area contributed by atoms with Crippen LogP contribution in [-0.4, -0.2) is 24.1 Å². The number of hydrogen-bond acceptors (Lipinski definition) is 2. The molecular weight excluding hydrogens is 226 g/mol. The van der Waals surface area contributed by atoms with Crippen molar-refractivity contribution in [2.45, 2.75) is 32.8 Å². The summed E-state index contributed by atoms with van der Waals surface area (Å²) >= 11 is 0. The fraction of sp³-hybridized carbons (Fsp3) is 0.533. The molecule has 1 saturated heterocycles. The second kappa shape index (κ2) is 6.43. The van der Waals surface area contributed by atoms with E-state index in [1.807, 2.05) is 35.2 Å². The zero-order chi connectivity index (χ0) is 12.8. The Morgan fingerprint density at radius 3 is 2.89 bits per heavy atom. The maximum absolute atomic E-state index is 11.9. The maximum Gasteiger partial charge on any atom is 0.410 e. The zero-order valence-corrected chi connectivity index (χ0v) is 11.0. The lowest BCUT2D eigenvalue weighted by Crippen LogP contribution is -2.40. The molecular formula is C15H21NO2. The fourth-order valence-corrected chi connectivity index (χ4v) is 2.37. The average molecular weight is 247 g/mol. The number of carbonyl (C=O) groups is 1. The van der Waals surface area contributed by atoms with E-state index in [0.717, 1.165) is 31.5 Å². The minimum Gasteiger partial charge on any atom is -0.445 e. The summed E-state index contributed by atoms with van der Waals surface area (Å²) in [5.41, 5.74) is 1.04. The number of rotatable bonds is 3. The van der Waals surface area contributed by atoms with E-state index in [-0.39, 0.29) is 6.09 Å². The Bertz CT molecular complexity index is 377. The summed E-state index contributed by atoms with van der Waals surface area (Å²) in [7, 11) is 0. The highest BCUT2D eigenvalue weighted by Gasteiger charge is 2.23. The van der Waals surface area contributed by atoms with Crippen molar-refractivity contribution in [3.63, 3.8) is 0 Å². The highest BCUT2D eigenvalue weighted by atomic mass is 16.6. The van der Waals surface area contributed by atoms with Crippen molar-refractivity contribution in [2.75, 3.05) is 13.1 Å². The van der Waals surface area contributed by atoms with Gasteiger partial charge in [-0.1, -0.05) is 43.7 Å². The third kappa shape index (κ3) is 3.49. The molecule has 0 spiro atoms. The lowest BCUT2D eigenvalue weighted by molar-refractivity contribution is 0.0786. The van der Waals surface area contributed by atoms with Gasteiger partial charge in [-0.3, -0.25) is 0 Å². The largest absolute Gasteiger partial charge is 0.445 e. The topological polar surface area (TPSA) is 29.5 Å². The summed E-state index contributed by atoms with van der Waals surface area (Å²) in [6, 6.07) is 9.81. The van der Waals surface area contributed by atoms with Crippen LogP contribution in [-0.2, 0) is 11.3 Å². The summed E-state index contributed by atoms with van der Waals surface area (Å²) in [6.07, 6.45) is 3.30. The molecule has 0 bridgehead atoms. The zero-order valence-electron chi connectivity index (χ0n) is 11.0. The van der Waals surface area contributed by atoms with Gasteiger partial charge < -0.3 is 9.64 Å². The number of carbonyl (C=O) groups excluding carboxylic acids is 1. The molecule has 1 aromatic rings. The van der Waals surface area contributed by atoms with Gasteiger partial charge in [0.15, 0.2) is 0 Å². The number of nitrogens with zero attached hydrogens (tertiary/aromatic N) is 1. The molecule has 0 N–H and O–H groups in total. The Morgan fingerprint density at radius 1 is 1.39 bits per heavy atom. The van der Waals surface area contributed by atoms with Crippen LogP contribution >= 0.6 is 0 Å². The second-order valence-corrected chi connectivity index (χ2v) is 4.90. The van der Waals surface area contributed by atoms with E-state index in [0.29, 0.717) is 12.5 Å². The van der Waals surface area contributed by atoms with Crippen molar-refractivity contribution in [2.24, 2.45) is 5.92 Å². The van der Waals surface area contributed by atoms with Crippen LogP contribution in [0.15, 0.2) is 30.3 Å². The van der Waals surface area contributed by atoms with Crippen molar-refractivity contribution in [1.82, 2.24) is 4.90 Å². The normalized spacial score (nSPS) is 19.6. The summed E-state index contributed by atoms with van der Waals surface area (Å²) in [4.78, 5) is 13.8. The first kappa shape index (κ1) is 12.9. The van der Waals surface area contributed by atoms with Crippen LogP contribution in [0.5, 0.6) is 0 Å². The van der Waals surface area contributed by atoms with Gasteiger partial charge in [-0.25, -0.2) is 4.79 Å². The van der Waals surface area contributed by atoms with E-state index in [9.17, 15) is 4.79 Å². The summed E-state index contributed by atoms with van der Waals surface area (Å²) in [5.74, 6) is 0.642. The van der Waals surface area contributed by atoms with E-state index in [4.69, 9.17) is 4.74 Å². The van der Waals surface area contributed by atoms with Gasteiger partial charge in [0, 0.05) is 13.1 Å². The third-order valence-electron chi connectivity index (χ3n) is 3.56. The molecule has 1 atom stereocenters. The number of ether oxygens (including phenoxy) is 1. The summed E-state index contributed by atoms with van der Waals surface area (Å²) in [5, 5.41) is 0. The molecule has 1 fully saturated rings. The minimum absolute atomic E-state index is 0.169. The van der Waals surface area contributed by atoms with Crippen LogP contribution < -0.4 is 0 Å². The molecule has 0 aromatic heterocycles. The fourth-order valence-electron chi connectivity index (χ4n) is 2.37. The van der Waals surface area contributed by atoms with Gasteiger partial charge in [-0.2, -0.15) is 0 Å². The van der Waals surface area contributed by atoms with Crippen molar-refractivity contribution in [1.29, 1.82) is 0 Å². The molecule has 0 unspecified atom stereocenters. The van der Waals surface area contributed by atoms with Crippen LogP contribution in [0.4, 0.5) is 4.79 Å². The number of hydrogen-bond donors (Lipinski definition) is 0. The third-order valence-corrected chi connectivity index (χ3v) is 3.56. The Kier molecular flexibility index (Phi) is 4.62. The number of benzene rings is 1. The van der Waals surface area contributed by atoms with Gasteiger partial charge in [0.1, 0.15) is 6.61 Å². The smallest absolute Gasteiger partial charge is 0.410 e. The lowest BCUT2D eigenvalue weighted by Gasteiger charge is -2.31. The monoisotopic (exact) mass is 247 g/mol. The lowest BCUT2D eigenvalue weighted by atomic mass is 9.96. The number of amides is 1. The van der Waals surface area contributed by atoms with E-state index < -0.39 is 0 Å². The molecule has 1 aromatic carbocycles. The quantitative estimate of drug-likeness (QED) is 0.818. The highest BCUT2D eigenvalue weighted by molar-refractivity contribution is 5.67. The van der Waals surface area contributed by atoms with E-state index in [1.165, 1.54) is 6.42 Å². The summed E-state index contributed by atoms with van der Waals surface area (Å²) in [6.45, 7) is 4.24. The number of piperidine rings is 1. The highest BCUT2D eigenvalue weighted by Crippen LogP contribution is 2.19. The molecule has 0 saturated carbocycles. The standard InChI is InChI=1S/C15H21NO2/c1-2-13-9-6-10-16(11-13)15(17)18-12-14-7-4-3-5-8-14/h3-5,7-8,13H,2,6,9-12H2,1H3/t13-/m1/s1. The van der Waals surface area contributed by atoms with Gasteiger partial charge >= 0.3 is 6.09 Å². The SMILES string of the molecule is CC[C@@H]1CCCN(C(=O)OCc2ccccc2)C1. The van der Waals surface area contributed by atoms with E-state index >= 15 is 0 Å². The van der Waals surface area contributed by atoms with Crippen LogP contribution in [0, 0.1) is 5.92 Å². The van der Waals surface area contributed by atoms with Crippen molar-refractivity contribution < 1.29 is 9.53 Å². The molecule has 18 heavy (non-hydrogen) atoms. The molecule has 1 amide bonds. The predicted molar refractivity (Wildman–Crippen MR) is 71.2 cm³/mol. The Morgan fingerprint density at radius 2 is 2.17 bits per heavy atom. The van der Waals surface area contributed by atoms with Crippen LogP contribution in [0.25, 0.3) is 0 Å². The van der Waals surface area contributed by atoms with Crippen LogP contribution in [0.2, 0.25) is 0 Å². The Balaban J connectivity index is 1.81. The Hall–Kier alpha value is -1.51. The first-order valence-corrected chi connectivity index (χ1v) is 6.75. The molecule has 0 aliphatic carbocycles. The van der Waals surface area contributed by atoms with Gasteiger partial charge in [0.25, 0.3) is 0 Å². The molecule has 1 aliphatic rings. The summed E-state index contributed by atoms with van der Waals surface area (Å²) < 4.78 is 5.35. The average Bonchev–Trinajstić information content (AvgIpc) is 2.46. The molecule has 1 heterocycles. The van der Waals surface area contributed by atoms with Gasteiger partial charge in [-0.05, 0) is 24.3 Å². The molecule has 0 radical (unpaired) electrons. The van der Waals surface area contributed by atoms with Gasteiger partial charge in [0.2, 0.25) is 0 Å².